The monoisotopic (exact) mass is 701 g/mol. The second-order valence-electron chi connectivity index (χ2n) is 9.56. The Morgan fingerprint density at radius 3 is 1.33 bits per heavy atom. The van der Waals surface area contributed by atoms with Crippen LogP contribution in [0.3, 0.4) is 0 Å². The number of ether oxygens (including phenoxy) is 3. The van der Waals surface area contributed by atoms with Gasteiger partial charge in [0, 0.05) is 0 Å². The van der Waals surface area contributed by atoms with Gasteiger partial charge in [-0.15, -0.1) is 10.2 Å². The summed E-state index contributed by atoms with van der Waals surface area (Å²) in [5, 5.41) is 44.0. The van der Waals surface area contributed by atoms with E-state index in [1.54, 1.807) is 116 Å². The predicted octanol–water partition coefficient (Wildman–Crippen LogP) is 5.87. The van der Waals surface area contributed by atoms with Gasteiger partial charge in [-0.3, -0.25) is 0 Å². The highest BCUT2D eigenvalue weighted by Crippen LogP contribution is 2.12. The molecule has 0 saturated carbocycles. The maximum Gasteiger partial charge on any atom is 0.344 e. The van der Waals surface area contributed by atoms with Crippen molar-refractivity contribution < 1.29 is 53.8 Å². The number of aliphatic carboxylic acids is 3. The van der Waals surface area contributed by atoms with E-state index in [0.717, 1.165) is 0 Å². The lowest BCUT2D eigenvalue weighted by molar-refractivity contribution is -0.145. The summed E-state index contributed by atoms with van der Waals surface area (Å²) in [5.41, 5.74) is 0.331. The van der Waals surface area contributed by atoms with Crippen LogP contribution in [0.15, 0.2) is 140 Å². The van der Waals surface area contributed by atoms with Crippen molar-refractivity contribution in [1.82, 2.24) is 15.4 Å². The molecule has 0 amide bonds. The zero-order valence-electron chi connectivity index (χ0n) is 27.8. The fourth-order valence-electron chi connectivity index (χ4n) is 3.17. The molecule has 14 nitrogen and oxygen atoms in total. The Labute approximate surface area is 294 Å². The lowest BCUT2D eigenvalue weighted by Gasteiger charge is -2.12. The van der Waals surface area contributed by atoms with Crippen molar-refractivity contribution in [2.45, 2.75) is 32.5 Å². The van der Waals surface area contributed by atoms with Crippen molar-refractivity contribution in [3.63, 3.8) is 0 Å². The Balaban J connectivity index is 0.000000324. The Morgan fingerprint density at radius 2 is 1.02 bits per heavy atom. The highest BCUT2D eigenvalue weighted by atomic mass is 16.5. The molecule has 51 heavy (non-hydrogen) atoms. The van der Waals surface area contributed by atoms with Crippen molar-refractivity contribution in [2.24, 2.45) is 0 Å². The number of rotatable bonds is 11. The Morgan fingerprint density at radius 1 is 0.588 bits per heavy atom. The van der Waals surface area contributed by atoms with Gasteiger partial charge in [0.2, 0.25) is 0 Å². The number of carboxylic acids is 4. The van der Waals surface area contributed by atoms with Gasteiger partial charge in [0.1, 0.15) is 17.2 Å². The number of carbonyl (C=O) groups is 4. The Bertz CT molecular complexity index is 1620. The molecule has 0 radical (unpaired) electrons. The van der Waals surface area contributed by atoms with Gasteiger partial charge in [0.05, 0.1) is 18.0 Å². The molecule has 2 atom stereocenters. The number of aromatic nitrogens is 3. The molecule has 5 aromatic rings. The Hall–Kier alpha value is -6.83. The maximum atomic E-state index is 10.6. The van der Waals surface area contributed by atoms with E-state index in [2.05, 4.69) is 15.4 Å². The second-order valence-corrected chi connectivity index (χ2v) is 9.56. The van der Waals surface area contributed by atoms with Gasteiger partial charge in [0.25, 0.3) is 0 Å². The molecule has 14 heteroatoms. The molecule has 0 saturated heterocycles. The van der Waals surface area contributed by atoms with Crippen LogP contribution in [-0.2, 0) is 14.4 Å². The number of aromatic carboxylic acids is 1. The van der Waals surface area contributed by atoms with Crippen LogP contribution in [0.1, 0.15) is 30.6 Å². The van der Waals surface area contributed by atoms with E-state index < -0.39 is 36.1 Å². The number of benzene rings is 4. The third-order valence-corrected chi connectivity index (χ3v) is 5.61. The zero-order chi connectivity index (χ0) is 37.7. The van der Waals surface area contributed by atoms with Crippen LogP contribution in [0.2, 0.25) is 0 Å². The maximum absolute atomic E-state index is 10.6. The molecule has 0 spiro atoms. The number of para-hydroxylation sites is 3. The lowest BCUT2D eigenvalue weighted by Crippen LogP contribution is -2.25. The van der Waals surface area contributed by atoms with E-state index in [0.29, 0.717) is 29.2 Å². The van der Waals surface area contributed by atoms with E-state index in [9.17, 15) is 19.2 Å². The summed E-state index contributed by atoms with van der Waals surface area (Å²) < 4.78 is 15.2. The first-order valence-electron chi connectivity index (χ1n) is 15.2. The first-order chi connectivity index (χ1) is 24.5. The number of hydrogen-bond acceptors (Lipinski definition) is 10. The molecule has 0 aliphatic carbocycles. The van der Waals surface area contributed by atoms with Gasteiger partial charge >= 0.3 is 23.9 Å². The van der Waals surface area contributed by atoms with Gasteiger partial charge < -0.3 is 34.6 Å². The zero-order valence-corrected chi connectivity index (χ0v) is 27.8. The minimum Gasteiger partial charge on any atom is -0.482 e. The molecule has 1 aromatic heterocycles. The molecular formula is C37H39N3O11. The van der Waals surface area contributed by atoms with Crippen molar-refractivity contribution in [2.75, 3.05) is 6.61 Å². The Kier molecular flexibility index (Phi) is 21.6. The average Bonchev–Trinajstić information content (AvgIpc) is 3.16. The van der Waals surface area contributed by atoms with Crippen LogP contribution in [-0.4, -0.2) is 78.5 Å². The second kappa shape index (κ2) is 26.2. The summed E-state index contributed by atoms with van der Waals surface area (Å²) >= 11 is 0. The summed E-state index contributed by atoms with van der Waals surface area (Å²) in [5.74, 6) is -1.98. The first kappa shape index (κ1) is 42.2. The molecule has 0 aliphatic heterocycles. The van der Waals surface area contributed by atoms with Crippen LogP contribution >= 0.6 is 0 Å². The average molecular weight is 702 g/mol. The summed E-state index contributed by atoms with van der Waals surface area (Å²) in [4.78, 5) is 41.2. The van der Waals surface area contributed by atoms with E-state index in [1.165, 1.54) is 6.92 Å². The van der Waals surface area contributed by atoms with Crippen LogP contribution < -0.4 is 14.2 Å². The third-order valence-electron chi connectivity index (χ3n) is 5.61. The summed E-state index contributed by atoms with van der Waals surface area (Å²) in [6, 6.07) is 36.7. The quantitative estimate of drug-likeness (QED) is 0.127. The predicted molar refractivity (Wildman–Crippen MR) is 186 cm³/mol. The molecular weight excluding hydrogens is 662 g/mol. The fraction of sp³-hybridized carbons (Fsp3) is 0.162. The number of hydrogen-bond donors (Lipinski definition) is 4. The number of carboxylic acid groups (broad SMARTS) is 4. The molecule has 0 fully saturated rings. The molecule has 5 rings (SSSR count). The molecule has 268 valence electrons. The molecule has 0 aliphatic rings. The smallest absolute Gasteiger partial charge is 0.344 e. The van der Waals surface area contributed by atoms with Gasteiger partial charge in [-0.2, -0.15) is 0 Å². The van der Waals surface area contributed by atoms with E-state index in [1.807, 2.05) is 30.3 Å². The normalized spacial score (nSPS) is 10.4. The van der Waals surface area contributed by atoms with Crippen LogP contribution in [0.5, 0.6) is 17.2 Å². The molecule has 4 aromatic carbocycles. The molecule has 2 unspecified atom stereocenters. The van der Waals surface area contributed by atoms with Gasteiger partial charge in [-0.25, -0.2) is 19.2 Å². The topological polar surface area (TPSA) is 216 Å². The van der Waals surface area contributed by atoms with Gasteiger partial charge in [-0.1, -0.05) is 79.7 Å². The van der Waals surface area contributed by atoms with Crippen LogP contribution in [0.4, 0.5) is 0 Å². The van der Waals surface area contributed by atoms with Crippen LogP contribution in [0, 0.1) is 0 Å². The summed E-state index contributed by atoms with van der Waals surface area (Å²) in [7, 11) is 0. The van der Waals surface area contributed by atoms with E-state index in [-0.39, 0.29) is 6.61 Å². The SMILES string of the molecule is CC(Oc1ccccc1)C(=O)O.CCC(Oc1ccccc1)C(=O)O.O=C(O)COc1ccccc1.O=C(O)c1ccccc1.c1cnnnc1. The van der Waals surface area contributed by atoms with Crippen molar-refractivity contribution in [3.8, 4) is 17.2 Å². The summed E-state index contributed by atoms with van der Waals surface area (Å²) in [6.45, 7) is 2.99. The molecule has 4 N–H and O–H groups in total. The van der Waals surface area contributed by atoms with Crippen molar-refractivity contribution in [3.05, 3.63) is 145 Å². The largest absolute Gasteiger partial charge is 0.482 e. The summed E-state index contributed by atoms with van der Waals surface area (Å²) in [6.07, 6.45) is 2.07. The minimum absolute atomic E-state index is 0.288. The van der Waals surface area contributed by atoms with E-state index in [4.69, 9.17) is 34.6 Å². The van der Waals surface area contributed by atoms with Gasteiger partial charge in [-0.05, 0) is 73.2 Å². The molecule has 1 heterocycles. The first-order valence-corrected chi connectivity index (χ1v) is 15.2. The number of nitrogens with zero attached hydrogens (tertiary/aromatic N) is 3. The fourth-order valence-corrected chi connectivity index (χ4v) is 3.17. The molecule has 0 bridgehead atoms. The third kappa shape index (κ3) is 21.6. The van der Waals surface area contributed by atoms with Crippen LogP contribution in [0.25, 0.3) is 0 Å². The minimum atomic E-state index is -0.964. The van der Waals surface area contributed by atoms with Crippen molar-refractivity contribution in [1.29, 1.82) is 0 Å². The van der Waals surface area contributed by atoms with Gasteiger partial charge in [0.15, 0.2) is 18.8 Å². The highest BCUT2D eigenvalue weighted by molar-refractivity contribution is 5.87. The highest BCUT2D eigenvalue weighted by Gasteiger charge is 2.16. The van der Waals surface area contributed by atoms with E-state index >= 15 is 0 Å². The standard InChI is InChI=1S/C10H12O3.C9H10O3.C8H8O3.C7H6O2.C3H3N3/c1-2-9(10(11)12)13-8-6-4-3-5-7-8;1-7(9(10)11)12-8-5-3-2-4-6-8;9-8(10)6-11-7-4-2-1-3-5-7;8-7(9)6-4-2-1-3-5-6;1-2-4-6-5-3-1/h3-7,9H,2H2,1H3,(H,11,12);2-7H,1H3,(H,10,11);1-5H,6H2,(H,9,10);1-5H,(H,8,9);1-3H. The lowest BCUT2D eigenvalue weighted by atomic mass is 10.2. The van der Waals surface area contributed by atoms with Crippen molar-refractivity contribution >= 4 is 23.9 Å².